The number of sulfone groups is 1. The molecule has 5 nitrogen and oxygen atoms in total. The molecule has 1 aliphatic rings. The van der Waals surface area contributed by atoms with Crippen LogP contribution in [0.3, 0.4) is 0 Å². The van der Waals surface area contributed by atoms with Gasteiger partial charge in [-0.3, -0.25) is 0 Å². The Balaban J connectivity index is 1.83. The summed E-state index contributed by atoms with van der Waals surface area (Å²) in [7, 11) is -3.16. The summed E-state index contributed by atoms with van der Waals surface area (Å²) in [5.74, 6) is 0. The summed E-state index contributed by atoms with van der Waals surface area (Å²) in [5.41, 5.74) is 1.74. The molecular formula is C13H15N3O2S2. The van der Waals surface area contributed by atoms with Crippen LogP contribution in [0.25, 0.3) is 11.3 Å². The summed E-state index contributed by atoms with van der Waals surface area (Å²) >= 11 is 1.38. The van der Waals surface area contributed by atoms with Crippen LogP contribution >= 0.6 is 11.5 Å². The largest absolute Gasteiger partial charge is 0.309 e. The van der Waals surface area contributed by atoms with Crippen molar-refractivity contribution in [3.05, 3.63) is 29.1 Å². The van der Waals surface area contributed by atoms with Crippen LogP contribution in [0, 0.1) is 0 Å². The van der Waals surface area contributed by atoms with Crippen LogP contribution in [0.1, 0.15) is 17.7 Å². The summed E-state index contributed by atoms with van der Waals surface area (Å²) in [4.78, 5) is 1.41. The number of aromatic nitrogens is 2. The first-order valence-electron chi connectivity index (χ1n) is 6.39. The number of nitrogens with zero attached hydrogens (tertiary/aromatic N) is 2. The molecule has 0 saturated heterocycles. The number of hydrogen-bond acceptors (Lipinski definition) is 6. The smallest absolute Gasteiger partial charge is 0.175 e. The minimum absolute atomic E-state index is 0.321. The third-order valence-electron chi connectivity index (χ3n) is 3.24. The van der Waals surface area contributed by atoms with E-state index in [1.807, 2.05) is 0 Å². The van der Waals surface area contributed by atoms with Crippen molar-refractivity contribution in [2.24, 2.45) is 0 Å². The van der Waals surface area contributed by atoms with Crippen LogP contribution in [0.5, 0.6) is 0 Å². The lowest BCUT2D eigenvalue weighted by atomic mass is 10.1. The molecule has 0 amide bonds. The predicted octanol–water partition coefficient (Wildman–Crippen LogP) is 1.86. The molecule has 106 valence electrons. The van der Waals surface area contributed by atoms with Crippen molar-refractivity contribution < 1.29 is 8.42 Å². The molecule has 3 rings (SSSR count). The van der Waals surface area contributed by atoms with E-state index in [1.165, 1.54) is 30.6 Å². The number of benzene rings is 1. The van der Waals surface area contributed by atoms with E-state index in [0.29, 0.717) is 10.9 Å². The molecule has 0 spiro atoms. The number of rotatable bonds is 5. The lowest BCUT2D eigenvalue weighted by Crippen LogP contribution is -2.14. The van der Waals surface area contributed by atoms with Gasteiger partial charge in [-0.25, -0.2) is 8.42 Å². The van der Waals surface area contributed by atoms with E-state index in [9.17, 15) is 8.42 Å². The second-order valence-electron chi connectivity index (χ2n) is 5.00. The summed E-state index contributed by atoms with van der Waals surface area (Å²) in [6, 6.07) is 7.43. The van der Waals surface area contributed by atoms with Gasteiger partial charge < -0.3 is 5.32 Å². The van der Waals surface area contributed by atoms with Crippen LogP contribution in [-0.2, 0) is 16.4 Å². The predicted molar refractivity (Wildman–Crippen MR) is 78.3 cm³/mol. The zero-order valence-corrected chi connectivity index (χ0v) is 12.7. The van der Waals surface area contributed by atoms with Gasteiger partial charge in [0.2, 0.25) is 0 Å². The minimum atomic E-state index is -3.16. The highest BCUT2D eigenvalue weighted by Crippen LogP contribution is 2.26. The molecule has 0 unspecified atom stereocenters. The molecule has 0 bridgehead atoms. The molecule has 1 heterocycles. The van der Waals surface area contributed by atoms with Gasteiger partial charge in [-0.15, -0.1) is 5.10 Å². The van der Waals surface area contributed by atoms with E-state index in [4.69, 9.17) is 0 Å². The average Bonchev–Trinajstić information content (AvgIpc) is 3.12. The van der Waals surface area contributed by atoms with Crippen molar-refractivity contribution in [3.8, 4) is 11.3 Å². The fourth-order valence-electron chi connectivity index (χ4n) is 1.93. The first kappa shape index (κ1) is 13.7. The Morgan fingerprint density at radius 1 is 1.30 bits per heavy atom. The van der Waals surface area contributed by atoms with E-state index < -0.39 is 9.84 Å². The Bertz CT molecular complexity index is 703. The Labute approximate surface area is 122 Å². The molecule has 1 aliphatic carbocycles. The first-order valence-corrected chi connectivity index (χ1v) is 9.05. The second-order valence-corrected chi connectivity index (χ2v) is 7.85. The van der Waals surface area contributed by atoms with Crippen molar-refractivity contribution in [1.82, 2.24) is 14.9 Å². The van der Waals surface area contributed by atoms with Crippen molar-refractivity contribution in [1.29, 1.82) is 0 Å². The van der Waals surface area contributed by atoms with Crippen molar-refractivity contribution in [2.75, 3.05) is 6.26 Å². The van der Waals surface area contributed by atoms with E-state index in [2.05, 4.69) is 14.9 Å². The van der Waals surface area contributed by atoms with Crippen LogP contribution in [-0.4, -0.2) is 30.3 Å². The lowest BCUT2D eigenvalue weighted by molar-refractivity contribution is 0.602. The highest BCUT2D eigenvalue weighted by Gasteiger charge is 2.21. The third kappa shape index (κ3) is 3.05. The molecule has 1 aromatic heterocycles. The minimum Gasteiger partial charge on any atom is -0.309 e. The molecule has 1 N–H and O–H groups in total. The van der Waals surface area contributed by atoms with Crippen LogP contribution < -0.4 is 5.32 Å². The molecule has 1 fully saturated rings. The van der Waals surface area contributed by atoms with E-state index >= 15 is 0 Å². The highest BCUT2D eigenvalue weighted by atomic mass is 32.2. The Morgan fingerprint density at radius 3 is 2.60 bits per heavy atom. The lowest BCUT2D eigenvalue weighted by Gasteiger charge is -2.04. The molecule has 0 aliphatic heterocycles. The summed E-state index contributed by atoms with van der Waals surface area (Å²) in [5, 5.41) is 7.60. The van der Waals surface area contributed by atoms with Gasteiger partial charge >= 0.3 is 0 Å². The number of nitrogens with one attached hydrogen (secondary N) is 1. The Kier molecular flexibility index (Phi) is 3.57. The maximum atomic E-state index is 11.4. The van der Waals surface area contributed by atoms with Gasteiger partial charge in [-0.1, -0.05) is 16.6 Å². The van der Waals surface area contributed by atoms with E-state index in [0.717, 1.165) is 22.7 Å². The Morgan fingerprint density at radius 2 is 2.00 bits per heavy atom. The standard InChI is InChI=1S/C13H15N3O2S2/c1-20(17,18)11-6-2-9(3-7-11)13-12(19-16-15-13)8-14-10-4-5-10/h2-3,6-7,10,14H,4-5,8H2,1H3. The molecule has 0 atom stereocenters. The average molecular weight is 309 g/mol. The van der Waals surface area contributed by atoms with Crippen molar-refractivity contribution in [3.63, 3.8) is 0 Å². The normalized spacial score (nSPS) is 15.4. The van der Waals surface area contributed by atoms with Gasteiger partial charge in [0.1, 0.15) is 5.69 Å². The van der Waals surface area contributed by atoms with Crippen LogP contribution in [0.2, 0.25) is 0 Å². The topological polar surface area (TPSA) is 72.0 Å². The molecule has 1 aromatic carbocycles. The quantitative estimate of drug-likeness (QED) is 0.913. The molecular weight excluding hydrogens is 294 g/mol. The van der Waals surface area contributed by atoms with Gasteiger partial charge in [0.25, 0.3) is 0 Å². The van der Waals surface area contributed by atoms with Gasteiger partial charge in [-0.05, 0) is 36.5 Å². The highest BCUT2D eigenvalue weighted by molar-refractivity contribution is 7.90. The van der Waals surface area contributed by atoms with Gasteiger partial charge in [0.05, 0.1) is 9.77 Å². The monoisotopic (exact) mass is 309 g/mol. The molecule has 1 saturated carbocycles. The zero-order chi connectivity index (χ0) is 14.2. The fourth-order valence-corrected chi connectivity index (χ4v) is 3.17. The van der Waals surface area contributed by atoms with Gasteiger partial charge in [0, 0.05) is 24.4 Å². The Hall–Kier alpha value is -1.31. The summed E-state index contributed by atoms with van der Waals surface area (Å²) in [6.07, 6.45) is 3.69. The van der Waals surface area contributed by atoms with Crippen molar-refractivity contribution >= 4 is 21.4 Å². The number of hydrogen-bond donors (Lipinski definition) is 1. The van der Waals surface area contributed by atoms with Gasteiger partial charge in [-0.2, -0.15) is 0 Å². The molecule has 20 heavy (non-hydrogen) atoms. The molecule has 7 heteroatoms. The fraction of sp³-hybridized carbons (Fsp3) is 0.385. The third-order valence-corrected chi connectivity index (χ3v) is 5.09. The maximum absolute atomic E-state index is 11.4. The van der Waals surface area contributed by atoms with Crippen LogP contribution in [0.15, 0.2) is 29.2 Å². The van der Waals surface area contributed by atoms with Crippen LogP contribution in [0.4, 0.5) is 0 Å². The summed E-state index contributed by atoms with van der Waals surface area (Å²) < 4.78 is 26.9. The molecule has 0 radical (unpaired) electrons. The maximum Gasteiger partial charge on any atom is 0.175 e. The van der Waals surface area contributed by atoms with E-state index in [1.54, 1.807) is 24.3 Å². The summed E-state index contributed by atoms with van der Waals surface area (Å²) in [6.45, 7) is 0.769. The second kappa shape index (κ2) is 5.23. The molecule has 2 aromatic rings. The van der Waals surface area contributed by atoms with Crippen molar-refractivity contribution in [2.45, 2.75) is 30.3 Å². The zero-order valence-electron chi connectivity index (χ0n) is 11.0. The first-order chi connectivity index (χ1) is 9.54. The van der Waals surface area contributed by atoms with E-state index in [-0.39, 0.29) is 0 Å². The van der Waals surface area contributed by atoms with Gasteiger partial charge in [0.15, 0.2) is 9.84 Å². The SMILES string of the molecule is CS(=O)(=O)c1ccc(-c2nnsc2CNC2CC2)cc1.